The lowest BCUT2D eigenvalue weighted by Crippen LogP contribution is -2.41. The Balaban J connectivity index is 1.77. The largest absolute Gasteiger partial charge is 0.380 e. The van der Waals surface area contributed by atoms with Gasteiger partial charge in [-0.15, -0.1) is 0 Å². The fourth-order valence-corrected chi connectivity index (χ4v) is 3.98. The van der Waals surface area contributed by atoms with Gasteiger partial charge in [0.2, 0.25) is 10.0 Å². The Hall–Kier alpha value is -0.920. The molecular weight excluding hydrogens is 290 g/mol. The molecular formula is C14H23N3O3S. The molecule has 21 heavy (non-hydrogen) atoms. The summed E-state index contributed by atoms with van der Waals surface area (Å²) in [5, 5.41) is 0. The van der Waals surface area contributed by atoms with Crippen LogP contribution >= 0.6 is 0 Å². The molecule has 118 valence electrons. The molecule has 0 bridgehead atoms. The van der Waals surface area contributed by atoms with Gasteiger partial charge in [0.25, 0.3) is 0 Å². The van der Waals surface area contributed by atoms with Crippen molar-refractivity contribution in [2.75, 3.05) is 25.5 Å². The highest BCUT2D eigenvalue weighted by Crippen LogP contribution is 2.32. The lowest BCUT2D eigenvalue weighted by molar-refractivity contribution is 0.0998. The van der Waals surface area contributed by atoms with Gasteiger partial charge in [0, 0.05) is 31.8 Å². The minimum Gasteiger partial charge on any atom is -0.380 e. The standard InChI is InChI=1S/C14H23N3O3S/c1-3-21(18,19)17-6-12(9-20-8-11-4-5-11)14-13(7-17)15-10-16(14)2/h10-12H,3-9H2,1-2H3. The first-order chi connectivity index (χ1) is 10.0. The number of hydrogen-bond acceptors (Lipinski definition) is 4. The normalized spacial score (nSPS) is 23.2. The van der Waals surface area contributed by atoms with Crippen molar-refractivity contribution in [3.8, 4) is 0 Å². The van der Waals surface area contributed by atoms with Crippen LogP contribution < -0.4 is 0 Å². The van der Waals surface area contributed by atoms with Crippen LogP contribution in [0.15, 0.2) is 6.33 Å². The molecule has 7 heteroatoms. The maximum atomic E-state index is 12.2. The van der Waals surface area contributed by atoms with Crippen LogP contribution in [0.3, 0.4) is 0 Å². The predicted octanol–water partition coefficient (Wildman–Crippen LogP) is 1.10. The van der Waals surface area contributed by atoms with Crippen molar-refractivity contribution >= 4 is 10.0 Å². The van der Waals surface area contributed by atoms with E-state index >= 15 is 0 Å². The van der Waals surface area contributed by atoms with Crippen LogP contribution in [-0.2, 0) is 28.4 Å². The lowest BCUT2D eigenvalue weighted by atomic mass is 10.0. The third-order valence-corrected chi connectivity index (χ3v) is 6.12. The van der Waals surface area contributed by atoms with Crippen LogP contribution in [0.1, 0.15) is 37.1 Å². The van der Waals surface area contributed by atoms with E-state index in [-0.39, 0.29) is 11.7 Å². The summed E-state index contributed by atoms with van der Waals surface area (Å²) in [4.78, 5) is 4.36. The van der Waals surface area contributed by atoms with Crippen molar-refractivity contribution in [1.29, 1.82) is 0 Å². The number of aryl methyl sites for hydroxylation is 1. The topological polar surface area (TPSA) is 64.4 Å². The summed E-state index contributed by atoms with van der Waals surface area (Å²) in [6.07, 6.45) is 4.29. The van der Waals surface area contributed by atoms with E-state index in [1.54, 1.807) is 17.6 Å². The Bertz CT molecular complexity index is 607. The van der Waals surface area contributed by atoms with E-state index in [9.17, 15) is 8.42 Å². The van der Waals surface area contributed by atoms with Gasteiger partial charge in [0.15, 0.2) is 0 Å². The van der Waals surface area contributed by atoms with Gasteiger partial charge >= 0.3 is 0 Å². The van der Waals surface area contributed by atoms with Crippen LogP contribution in [0.2, 0.25) is 0 Å². The van der Waals surface area contributed by atoms with E-state index in [4.69, 9.17) is 4.74 Å². The third-order valence-electron chi connectivity index (χ3n) is 4.33. The summed E-state index contributed by atoms with van der Waals surface area (Å²) in [5.74, 6) is 0.918. The Morgan fingerprint density at radius 1 is 1.38 bits per heavy atom. The summed E-state index contributed by atoms with van der Waals surface area (Å²) >= 11 is 0. The Kier molecular flexibility index (Phi) is 4.07. The molecule has 1 atom stereocenters. The van der Waals surface area contributed by atoms with Crippen molar-refractivity contribution in [3.05, 3.63) is 17.7 Å². The maximum Gasteiger partial charge on any atom is 0.214 e. The van der Waals surface area contributed by atoms with Crippen molar-refractivity contribution < 1.29 is 13.2 Å². The van der Waals surface area contributed by atoms with E-state index in [1.165, 1.54) is 12.8 Å². The van der Waals surface area contributed by atoms with Crippen LogP contribution in [0.5, 0.6) is 0 Å². The number of imidazole rings is 1. The summed E-state index contributed by atoms with van der Waals surface area (Å²) < 4.78 is 33.7. The Labute approximate surface area is 126 Å². The quantitative estimate of drug-likeness (QED) is 0.789. The molecule has 0 spiro atoms. The molecule has 1 aromatic heterocycles. The zero-order chi connectivity index (χ0) is 15.0. The number of fused-ring (bicyclic) bond motifs is 1. The van der Waals surface area contributed by atoms with Crippen molar-refractivity contribution in [2.24, 2.45) is 13.0 Å². The number of aromatic nitrogens is 2. The number of ether oxygens (including phenoxy) is 1. The molecule has 0 radical (unpaired) electrons. The number of sulfonamides is 1. The van der Waals surface area contributed by atoms with Gasteiger partial charge in [0.1, 0.15) is 0 Å². The van der Waals surface area contributed by atoms with E-state index in [2.05, 4.69) is 4.98 Å². The molecule has 1 aliphatic heterocycles. The molecule has 3 rings (SSSR count). The van der Waals surface area contributed by atoms with E-state index in [1.807, 2.05) is 11.6 Å². The zero-order valence-electron chi connectivity index (χ0n) is 12.7. The SMILES string of the molecule is CCS(=O)(=O)N1Cc2ncn(C)c2C(COCC2CC2)C1. The second-order valence-electron chi connectivity index (χ2n) is 6.06. The van der Waals surface area contributed by atoms with Crippen molar-refractivity contribution in [1.82, 2.24) is 13.9 Å². The lowest BCUT2D eigenvalue weighted by Gasteiger charge is -2.31. The van der Waals surface area contributed by atoms with Gasteiger partial charge in [-0.2, -0.15) is 4.31 Å². The number of rotatable bonds is 6. The fourth-order valence-electron chi connectivity index (χ4n) is 2.89. The average Bonchev–Trinajstić information content (AvgIpc) is 3.21. The molecule has 6 nitrogen and oxygen atoms in total. The average molecular weight is 313 g/mol. The molecule has 2 aliphatic rings. The molecule has 1 aliphatic carbocycles. The number of nitrogens with zero attached hydrogens (tertiary/aromatic N) is 3. The molecule has 0 amide bonds. The first kappa shape index (κ1) is 15.0. The highest BCUT2D eigenvalue weighted by molar-refractivity contribution is 7.89. The van der Waals surface area contributed by atoms with Gasteiger partial charge in [-0.3, -0.25) is 0 Å². The van der Waals surface area contributed by atoms with Crippen LogP contribution in [0.4, 0.5) is 0 Å². The van der Waals surface area contributed by atoms with Gasteiger partial charge in [0.05, 0.1) is 30.9 Å². The second kappa shape index (κ2) is 5.70. The Morgan fingerprint density at radius 2 is 2.14 bits per heavy atom. The summed E-state index contributed by atoms with van der Waals surface area (Å²) in [7, 11) is -1.23. The van der Waals surface area contributed by atoms with Gasteiger partial charge in [-0.1, -0.05) is 0 Å². The monoisotopic (exact) mass is 313 g/mol. The Morgan fingerprint density at radius 3 is 2.81 bits per heavy atom. The fraction of sp³-hybridized carbons (Fsp3) is 0.786. The first-order valence-electron chi connectivity index (χ1n) is 7.57. The smallest absolute Gasteiger partial charge is 0.214 e. The number of hydrogen-bond donors (Lipinski definition) is 0. The minimum atomic E-state index is -3.19. The molecule has 1 aromatic rings. The van der Waals surface area contributed by atoms with Crippen LogP contribution in [0, 0.1) is 5.92 Å². The second-order valence-corrected chi connectivity index (χ2v) is 8.32. The summed E-state index contributed by atoms with van der Waals surface area (Å²) in [5.41, 5.74) is 1.98. The first-order valence-corrected chi connectivity index (χ1v) is 9.17. The van der Waals surface area contributed by atoms with E-state index in [0.717, 1.165) is 23.9 Å². The van der Waals surface area contributed by atoms with Crippen LogP contribution in [-0.4, -0.2) is 47.8 Å². The zero-order valence-corrected chi connectivity index (χ0v) is 13.5. The molecule has 0 N–H and O–H groups in total. The van der Waals surface area contributed by atoms with Gasteiger partial charge < -0.3 is 9.30 Å². The van der Waals surface area contributed by atoms with Gasteiger partial charge in [-0.25, -0.2) is 13.4 Å². The maximum absolute atomic E-state index is 12.2. The molecule has 2 heterocycles. The van der Waals surface area contributed by atoms with Crippen LogP contribution in [0.25, 0.3) is 0 Å². The molecule has 1 fully saturated rings. The highest BCUT2D eigenvalue weighted by Gasteiger charge is 2.34. The molecule has 0 aromatic carbocycles. The minimum absolute atomic E-state index is 0.0707. The summed E-state index contributed by atoms with van der Waals surface area (Å²) in [6, 6.07) is 0. The van der Waals surface area contributed by atoms with E-state index < -0.39 is 10.0 Å². The highest BCUT2D eigenvalue weighted by atomic mass is 32.2. The van der Waals surface area contributed by atoms with Crippen molar-refractivity contribution in [3.63, 3.8) is 0 Å². The van der Waals surface area contributed by atoms with E-state index in [0.29, 0.717) is 19.7 Å². The van der Waals surface area contributed by atoms with Gasteiger partial charge in [-0.05, 0) is 25.7 Å². The predicted molar refractivity (Wildman–Crippen MR) is 79.4 cm³/mol. The summed E-state index contributed by atoms with van der Waals surface area (Å²) in [6.45, 7) is 3.92. The molecule has 1 saturated carbocycles. The molecule has 0 saturated heterocycles. The van der Waals surface area contributed by atoms with Crippen molar-refractivity contribution in [2.45, 2.75) is 32.2 Å². The third kappa shape index (κ3) is 3.14. The molecule has 1 unspecified atom stereocenters.